The number of hydrogen-bond donors (Lipinski definition) is 0. The third-order valence-electron chi connectivity index (χ3n) is 4.17. The Kier molecular flexibility index (Phi) is 4.46. The van der Waals surface area contributed by atoms with E-state index in [9.17, 15) is 4.79 Å². The maximum absolute atomic E-state index is 12.5. The number of aryl methyl sites for hydroxylation is 1. The zero-order chi connectivity index (χ0) is 14.8. The first-order valence-corrected chi connectivity index (χ1v) is 8.38. The van der Waals surface area contributed by atoms with Gasteiger partial charge in [-0.05, 0) is 70.4 Å². The number of ketones is 1. The van der Waals surface area contributed by atoms with Crippen molar-refractivity contribution in [3.05, 3.63) is 68.7 Å². The molecule has 1 unspecified atom stereocenters. The molecule has 0 heterocycles. The van der Waals surface area contributed by atoms with Gasteiger partial charge in [-0.25, -0.2) is 0 Å². The zero-order valence-corrected chi connectivity index (χ0v) is 14.0. The zero-order valence-electron chi connectivity index (χ0n) is 11.6. The molecule has 0 aromatic heterocycles. The molecule has 3 rings (SSSR count). The standard InChI is InChI=1S/C18H16BrClO/c19-16-10-14(8-9-17(16)20)18(21)11-13-6-3-5-12-4-1-2-7-15(12)13/h1-2,4,7-10,13H,3,5-6,11H2. The van der Waals surface area contributed by atoms with Crippen molar-refractivity contribution < 1.29 is 4.79 Å². The smallest absolute Gasteiger partial charge is 0.163 e. The number of carbonyl (C=O) groups excluding carboxylic acids is 1. The average Bonchev–Trinajstić information content (AvgIpc) is 2.50. The van der Waals surface area contributed by atoms with E-state index in [0.29, 0.717) is 17.4 Å². The molecule has 0 N–H and O–H groups in total. The van der Waals surface area contributed by atoms with Gasteiger partial charge < -0.3 is 0 Å². The Bertz CT molecular complexity index is 681. The van der Waals surface area contributed by atoms with Crippen LogP contribution in [0.25, 0.3) is 0 Å². The van der Waals surface area contributed by atoms with Gasteiger partial charge in [0.1, 0.15) is 0 Å². The molecule has 0 fully saturated rings. The highest BCUT2D eigenvalue weighted by molar-refractivity contribution is 9.10. The normalized spacial score (nSPS) is 17.3. The minimum atomic E-state index is 0.189. The molecule has 2 aromatic rings. The number of hydrogen-bond acceptors (Lipinski definition) is 1. The topological polar surface area (TPSA) is 17.1 Å². The summed E-state index contributed by atoms with van der Waals surface area (Å²) in [5.41, 5.74) is 3.48. The van der Waals surface area contributed by atoms with Gasteiger partial charge in [0.2, 0.25) is 0 Å². The second-order valence-electron chi connectivity index (χ2n) is 5.54. The van der Waals surface area contributed by atoms with E-state index in [1.807, 2.05) is 12.1 Å². The molecule has 0 spiro atoms. The molecular formula is C18H16BrClO. The second-order valence-corrected chi connectivity index (χ2v) is 6.81. The summed E-state index contributed by atoms with van der Waals surface area (Å²) in [5, 5.41) is 0.634. The van der Waals surface area contributed by atoms with Gasteiger partial charge in [0, 0.05) is 16.5 Å². The Balaban J connectivity index is 1.81. The highest BCUT2D eigenvalue weighted by atomic mass is 79.9. The lowest BCUT2D eigenvalue weighted by Crippen LogP contribution is -2.14. The first-order valence-electron chi connectivity index (χ1n) is 7.21. The summed E-state index contributed by atoms with van der Waals surface area (Å²) >= 11 is 9.37. The lowest BCUT2D eigenvalue weighted by Gasteiger charge is -2.25. The number of rotatable bonds is 3. The van der Waals surface area contributed by atoms with E-state index in [1.165, 1.54) is 17.5 Å². The van der Waals surface area contributed by atoms with Crippen LogP contribution in [0.1, 0.15) is 46.7 Å². The maximum Gasteiger partial charge on any atom is 0.163 e. The molecule has 1 atom stereocenters. The Hall–Kier alpha value is -1.12. The SMILES string of the molecule is O=C(CC1CCCc2ccccc21)c1ccc(Cl)c(Br)c1. The molecule has 0 bridgehead atoms. The van der Waals surface area contributed by atoms with Gasteiger partial charge in [0.05, 0.1) is 5.02 Å². The Labute approximate surface area is 138 Å². The van der Waals surface area contributed by atoms with E-state index in [0.717, 1.165) is 22.9 Å². The highest BCUT2D eigenvalue weighted by Gasteiger charge is 2.23. The fraction of sp³-hybridized carbons (Fsp3) is 0.278. The van der Waals surface area contributed by atoms with E-state index < -0.39 is 0 Å². The Morgan fingerprint density at radius 2 is 2.05 bits per heavy atom. The molecule has 1 nitrogen and oxygen atoms in total. The van der Waals surface area contributed by atoms with Gasteiger partial charge in [-0.15, -0.1) is 0 Å². The van der Waals surface area contributed by atoms with Gasteiger partial charge >= 0.3 is 0 Å². The van der Waals surface area contributed by atoms with Crippen LogP contribution < -0.4 is 0 Å². The molecule has 2 aromatic carbocycles. The van der Waals surface area contributed by atoms with E-state index in [-0.39, 0.29) is 5.78 Å². The van der Waals surface area contributed by atoms with Gasteiger partial charge in [-0.3, -0.25) is 4.79 Å². The average molecular weight is 364 g/mol. The van der Waals surface area contributed by atoms with Crippen LogP contribution in [0.15, 0.2) is 46.9 Å². The Morgan fingerprint density at radius 3 is 2.86 bits per heavy atom. The molecule has 0 aliphatic heterocycles. The number of carbonyl (C=O) groups is 1. The molecule has 21 heavy (non-hydrogen) atoms. The van der Waals surface area contributed by atoms with Crippen molar-refractivity contribution in [2.45, 2.75) is 31.6 Å². The van der Waals surface area contributed by atoms with Crippen LogP contribution in [-0.4, -0.2) is 5.78 Å². The molecule has 108 valence electrons. The molecule has 3 heteroatoms. The summed E-state index contributed by atoms with van der Waals surface area (Å²) in [7, 11) is 0. The maximum atomic E-state index is 12.5. The fourth-order valence-electron chi connectivity index (χ4n) is 3.08. The van der Waals surface area contributed by atoms with E-state index in [4.69, 9.17) is 11.6 Å². The van der Waals surface area contributed by atoms with E-state index in [1.54, 1.807) is 6.07 Å². The summed E-state index contributed by atoms with van der Waals surface area (Å²) in [5.74, 6) is 0.533. The summed E-state index contributed by atoms with van der Waals surface area (Å²) in [6.07, 6.45) is 3.97. The number of halogens is 2. The third kappa shape index (κ3) is 3.22. The van der Waals surface area contributed by atoms with Gasteiger partial charge in [-0.1, -0.05) is 35.9 Å². The van der Waals surface area contributed by atoms with Crippen molar-refractivity contribution >= 4 is 33.3 Å². The fourth-order valence-corrected chi connectivity index (χ4v) is 3.57. The monoisotopic (exact) mass is 362 g/mol. The van der Waals surface area contributed by atoms with Crippen LogP contribution in [0, 0.1) is 0 Å². The summed E-state index contributed by atoms with van der Waals surface area (Å²) in [4.78, 5) is 12.5. The minimum Gasteiger partial charge on any atom is -0.294 e. The quantitative estimate of drug-likeness (QED) is 0.630. The van der Waals surface area contributed by atoms with Crippen LogP contribution in [0.4, 0.5) is 0 Å². The largest absolute Gasteiger partial charge is 0.294 e. The lowest BCUT2D eigenvalue weighted by atomic mass is 9.79. The summed E-state index contributed by atoms with van der Waals surface area (Å²) in [6, 6.07) is 13.9. The van der Waals surface area contributed by atoms with Crippen molar-refractivity contribution in [2.24, 2.45) is 0 Å². The second kappa shape index (κ2) is 6.33. The van der Waals surface area contributed by atoms with Crippen LogP contribution >= 0.6 is 27.5 Å². The first kappa shape index (κ1) is 14.8. The van der Waals surface area contributed by atoms with Crippen LogP contribution in [-0.2, 0) is 6.42 Å². The molecule has 0 saturated carbocycles. The van der Waals surface area contributed by atoms with Crippen LogP contribution in [0.3, 0.4) is 0 Å². The highest BCUT2D eigenvalue weighted by Crippen LogP contribution is 2.35. The molecule has 1 aliphatic rings. The molecule has 1 aliphatic carbocycles. The van der Waals surface area contributed by atoms with E-state index >= 15 is 0 Å². The molecule has 0 amide bonds. The van der Waals surface area contributed by atoms with Gasteiger partial charge in [-0.2, -0.15) is 0 Å². The van der Waals surface area contributed by atoms with Gasteiger partial charge in [0.15, 0.2) is 5.78 Å². The Morgan fingerprint density at radius 1 is 1.24 bits per heavy atom. The van der Waals surface area contributed by atoms with Crippen LogP contribution in [0.5, 0.6) is 0 Å². The molecular weight excluding hydrogens is 348 g/mol. The van der Waals surface area contributed by atoms with Gasteiger partial charge in [0.25, 0.3) is 0 Å². The van der Waals surface area contributed by atoms with Crippen molar-refractivity contribution in [3.63, 3.8) is 0 Å². The number of benzene rings is 2. The predicted molar refractivity (Wildman–Crippen MR) is 90.2 cm³/mol. The first-order chi connectivity index (χ1) is 10.1. The summed E-state index contributed by atoms with van der Waals surface area (Å²) < 4.78 is 0.777. The lowest BCUT2D eigenvalue weighted by molar-refractivity contribution is 0.0971. The minimum absolute atomic E-state index is 0.189. The predicted octanol–water partition coefficient (Wildman–Crippen LogP) is 5.80. The van der Waals surface area contributed by atoms with Crippen molar-refractivity contribution in [3.8, 4) is 0 Å². The summed E-state index contributed by atoms with van der Waals surface area (Å²) in [6.45, 7) is 0. The van der Waals surface area contributed by atoms with Crippen molar-refractivity contribution in [2.75, 3.05) is 0 Å². The molecule has 0 saturated heterocycles. The third-order valence-corrected chi connectivity index (χ3v) is 5.38. The van der Waals surface area contributed by atoms with Crippen LogP contribution in [0.2, 0.25) is 5.02 Å². The van der Waals surface area contributed by atoms with Crippen molar-refractivity contribution in [1.82, 2.24) is 0 Å². The molecule has 0 radical (unpaired) electrons. The van der Waals surface area contributed by atoms with E-state index in [2.05, 4.69) is 40.2 Å². The van der Waals surface area contributed by atoms with Crippen molar-refractivity contribution in [1.29, 1.82) is 0 Å². The number of Topliss-reactive ketones (excluding diaryl/α,β-unsaturated/α-hetero) is 1. The number of fused-ring (bicyclic) bond motifs is 1.